The Morgan fingerprint density at radius 3 is 2.39 bits per heavy atom. The smallest absolute Gasteiger partial charge is 0.0991 e. The van der Waals surface area contributed by atoms with Crippen molar-refractivity contribution in [2.45, 2.75) is 13.0 Å². The second kappa shape index (κ2) is 5.57. The van der Waals surface area contributed by atoms with Gasteiger partial charge in [-0.3, -0.25) is 0 Å². The van der Waals surface area contributed by atoms with Gasteiger partial charge >= 0.3 is 0 Å². The van der Waals surface area contributed by atoms with E-state index in [9.17, 15) is 0 Å². The molecule has 0 bridgehead atoms. The summed E-state index contributed by atoms with van der Waals surface area (Å²) in [5, 5.41) is 12.8. The first-order chi connectivity index (χ1) is 8.70. The Labute approximate surface area is 112 Å². The Hall–Kier alpha value is -1.98. The molecule has 2 aromatic rings. The first kappa shape index (κ1) is 12.5. The number of nitrogens with one attached hydrogen (secondary N) is 1. The molecular formula is C15H13ClN2. The second-order valence-electron chi connectivity index (χ2n) is 4.08. The molecule has 0 fully saturated rings. The van der Waals surface area contributed by atoms with Crippen LogP contribution in [0.3, 0.4) is 0 Å². The zero-order chi connectivity index (χ0) is 13.0. The second-order valence-corrected chi connectivity index (χ2v) is 4.48. The molecule has 0 aromatic heterocycles. The van der Waals surface area contributed by atoms with Gasteiger partial charge in [-0.05, 0) is 42.8 Å². The SMILES string of the molecule is CC(Nc1ccc(C#N)cc1)c1ccccc1Cl. The lowest BCUT2D eigenvalue weighted by molar-refractivity contribution is 0.885. The van der Waals surface area contributed by atoms with E-state index < -0.39 is 0 Å². The molecule has 0 aliphatic heterocycles. The molecule has 0 aliphatic carbocycles. The van der Waals surface area contributed by atoms with Crippen LogP contribution in [0.4, 0.5) is 5.69 Å². The van der Waals surface area contributed by atoms with Crippen molar-refractivity contribution in [3.05, 3.63) is 64.7 Å². The summed E-state index contributed by atoms with van der Waals surface area (Å²) >= 11 is 6.15. The Balaban J connectivity index is 2.14. The summed E-state index contributed by atoms with van der Waals surface area (Å²) in [6.07, 6.45) is 0. The summed E-state index contributed by atoms with van der Waals surface area (Å²) < 4.78 is 0. The fraction of sp³-hybridized carbons (Fsp3) is 0.133. The van der Waals surface area contributed by atoms with E-state index >= 15 is 0 Å². The summed E-state index contributed by atoms with van der Waals surface area (Å²) in [6, 6.07) is 17.4. The minimum Gasteiger partial charge on any atom is -0.378 e. The summed E-state index contributed by atoms with van der Waals surface area (Å²) in [4.78, 5) is 0. The van der Waals surface area contributed by atoms with Gasteiger partial charge in [-0.1, -0.05) is 29.8 Å². The summed E-state index contributed by atoms with van der Waals surface area (Å²) in [5.74, 6) is 0. The van der Waals surface area contributed by atoms with Crippen LogP contribution in [-0.4, -0.2) is 0 Å². The van der Waals surface area contributed by atoms with Crippen LogP contribution in [0.25, 0.3) is 0 Å². The number of nitrogens with zero attached hydrogens (tertiary/aromatic N) is 1. The zero-order valence-corrected chi connectivity index (χ0v) is 10.8. The summed E-state index contributed by atoms with van der Waals surface area (Å²) in [6.45, 7) is 2.05. The lowest BCUT2D eigenvalue weighted by Crippen LogP contribution is -2.06. The summed E-state index contributed by atoms with van der Waals surface area (Å²) in [7, 11) is 0. The van der Waals surface area contributed by atoms with E-state index in [2.05, 4.69) is 18.3 Å². The number of nitriles is 1. The molecule has 18 heavy (non-hydrogen) atoms. The van der Waals surface area contributed by atoms with Crippen LogP contribution < -0.4 is 5.32 Å². The lowest BCUT2D eigenvalue weighted by Gasteiger charge is -2.16. The van der Waals surface area contributed by atoms with Gasteiger partial charge < -0.3 is 5.32 Å². The van der Waals surface area contributed by atoms with Crippen LogP contribution >= 0.6 is 11.6 Å². The highest BCUT2D eigenvalue weighted by molar-refractivity contribution is 6.31. The number of anilines is 1. The Bertz CT molecular complexity index is 570. The van der Waals surface area contributed by atoms with Crippen LogP contribution in [0.1, 0.15) is 24.1 Å². The van der Waals surface area contributed by atoms with Crippen molar-refractivity contribution >= 4 is 17.3 Å². The average Bonchev–Trinajstić information content (AvgIpc) is 2.40. The molecule has 2 rings (SSSR count). The maximum absolute atomic E-state index is 8.74. The lowest BCUT2D eigenvalue weighted by atomic mass is 10.1. The fourth-order valence-corrected chi connectivity index (χ4v) is 2.09. The largest absolute Gasteiger partial charge is 0.378 e. The van der Waals surface area contributed by atoms with Crippen LogP contribution in [0, 0.1) is 11.3 Å². The number of halogens is 1. The Morgan fingerprint density at radius 2 is 1.78 bits per heavy atom. The van der Waals surface area contributed by atoms with Crippen molar-refractivity contribution in [3.63, 3.8) is 0 Å². The predicted octanol–water partition coefficient (Wildman–Crippen LogP) is 4.38. The molecule has 0 radical (unpaired) electrons. The maximum atomic E-state index is 8.74. The van der Waals surface area contributed by atoms with Crippen LogP contribution in [-0.2, 0) is 0 Å². The number of benzene rings is 2. The minimum atomic E-state index is 0.117. The van der Waals surface area contributed by atoms with Crippen molar-refractivity contribution in [1.29, 1.82) is 5.26 Å². The van der Waals surface area contributed by atoms with Crippen LogP contribution in [0.15, 0.2) is 48.5 Å². The quantitative estimate of drug-likeness (QED) is 0.884. The van der Waals surface area contributed by atoms with Gasteiger partial charge in [-0.2, -0.15) is 5.26 Å². The molecule has 0 saturated heterocycles. The van der Waals surface area contributed by atoms with Crippen LogP contribution in [0.5, 0.6) is 0 Å². The van der Waals surface area contributed by atoms with Crippen molar-refractivity contribution in [2.24, 2.45) is 0 Å². The molecule has 2 nitrogen and oxygen atoms in total. The maximum Gasteiger partial charge on any atom is 0.0991 e. The average molecular weight is 257 g/mol. The number of rotatable bonds is 3. The van der Waals surface area contributed by atoms with E-state index in [4.69, 9.17) is 16.9 Å². The molecule has 3 heteroatoms. The molecule has 0 heterocycles. The fourth-order valence-electron chi connectivity index (χ4n) is 1.80. The normalized spacial score (nSPS) is 11.6. The van der Waals surface area contributed by atoms with E-state index in [-0.39, 0.29) is 6.04 Å². The van der Waals surface area contributed by atoms with Crippen molar-refractivity contribution in [2.75, 3.05) is 5.32 Å². The van der Waals surface area contributed by atoms with E-state index in [0.29, 0.717) is 5.56 Å². The van der Waals surface area contributed by atoms with Crippen LogP contribution in [0.2, 0.25) is 5.02 Å². The molecule has 1 unspecified atom stereocenters. The van der Waals surface area contributed by atoms with Gasteiger partial charge in [0.25, 0.3) is 0 Å². The standard InChI is InChI=1S/C15H13ClN2/c1-11(14-4-2-3-5-15(14)16)18-13-8-6-12(10-17)7-9-13/h2-9,11,18H,1H3. The van der Waals surface area contributed by atoms with Gasteiger partial charge in [0.2, 0.25) is 0 Å². The summed E-state index contributed by atoms with van der Waals surface area (Å²) in [5.41, 5.74) is 2.69. The first-order valence-corrected chi connectivity index (χ1v) is 6.09. The van der Waals surface area contributed by atoms with E-state index in [1.165, 1.54) is 0 Å². The van der Waals surface area contributed by atoms with Crippen molar-refractivity contribution < 1.29 is 0 Å². The van der Waals surface area contributed by atoms with Gasteiger partial charge in [-0.25, -0.2) is 0 Å². The van der Waals surface area contributed by atoms with Gasteiger partial charge in [0.15, 0.2) is 0 Å². The van der Waals surface area contributed by atoms with E-state index in [1.54, 1.807) is 12.1 Å². The number of hydrogen-bond donors (Lipinski definition) is 1. The highest BCUT2D eigenvalue weighted by Gasteiger charge is 2.08. The molecule has 90 valence electrons. The molecule has 2 aromatic carbocycles. The van der Waals surface area contributed by atoms with Gasteiger partial charge in [0, 0.05) is 16.8 Å². The van der Waals surface area contributed by atoms with E-state index in [1.807, 2.05) is 36.4 Å². The molecule has 1 N–H and O–H groups in total. The van der Waals surface area contributed by atoms with Gasteiger partial charge in [-0.15, -0.1) is 0 Å². The molecular weight excluding hydrogens is 244 g/mol. The first-order valence-electron chi connectivity index (χ1n) is 5.72. The minimum absolute atomic E-state index is 0.117. The topological polar surface area (TPSA) is 35.8 Å². The molecule has 0 saturated carbocycles. The van der Waals surface area contributed by atoms with Gasteiger partial charge in [0.1, 0.15) is 0 Å². The Morgan fingerprint density at radius 1 is 1.11 bits per heavy atom. The predicted molar refractivity (Wildman–Crippen MR) is 74.6 cm³/mol. The molecule has 0 spiro atoms. The third-order valence-electron chi connectivity index (χ3n) is 2.77. The third kappa shape index (κ3) is 2.82. The van der Waals surface area contributed by atoms with Crippen molar-refractivity contribution in [1.82, 2.24) is 0 Å². The molecule has 0 aliphatic rings. The third-order valence-corrected chi connectivity index (χ3v) is 3.11. The highest BCUT2D eigenvalue weighted by atomic mass is 35.5. The molecule has 1 atom stereocenters. The van der Waals surface area contributed by atoms with Crippen molar-refractivity contribution in [3.8, 4) is 6.07 Å². The zero-order valence-electron chi connectivity index (χ0n) is 10.0. The monoisotopic (exact) mass is 256 g/mol. The Kier molecular flexibility index (Phi) is 3.86. The number of hydrogen-bond acceptors (Lipinski definition) is 2. The molecule has 0 amide bonds. The van der Waals surface area contributed by atoms with Gasteiger partial charge in [0.05, 0.1) is 11.6 Å². The van der Waals surface area contributed by atoms with E-state index in [0.717, 1.165) is 16.3 Å². The highest BCUT2D eigenvalue weighted by Crippen LogP contribution is 2.25.